The number of benzene rings is 1. The average Bonchev–Trinajstić information content (AvgIpc) is 2.81. The Balaban J connectivity index is 2.04. The SMILES string of the molecule is CCNC(CCc1cccc(C)c1)c1ccnn1C. The highest BCUT2D eigenvalue weighted by atomic mass is 15.3. The Hall–Kier alpha value is -1.61. The van der Waals surface area contributed by atoms with Crippen molar-refractivity contribution in [1.82, 2.24) is 15.1 Å². The van der Waals surface area contributed by atoms with Crippen molar-refractivity contribution >= 4 is 0 Å². The number of nitrogens with one attached hydrogen (secondary N) is 1. The molecule has 102 valence electrons. The molecule has 0 bridgehead atoms. The van der Waals surface area contributed by atoms with E-state index >= 15 is 0 Å². The monoisotopic (exact) mass is 257 g/mol. The van der Waals surface area contributed by atoms with Crippen molar-refractivity contribution in [2.75, 3.05) is 6.54 Å². The van der Waals surface area contributed by atoms with Crippen LogP contribution >= 0.6 is 0 Å². The Morgan fingerprint density at radius 1 is 1.32 bits per heavy atom. The predicted molar refractivity (Wildman–Crippen MR) is 79.1 cm³/mol. The van der Waals surface area contributed by atoms with E-state index in [0.717, 1.165) is 19.4 Å². The summed E-state index contributed by atoms with van der Waals surface area (Å²) in [7, 11) is 2.01. The third-order valence-corrected chi connectivity index (χ3v) is 3.47. The molecule has 0 spiro atoms. The molecule has 0 saturated heterocycles. The van der Waals surface area contributed by atoms with Gasteiger partial charge in [0.25, 0.3) is 0 Å². The number of aryl methyl sites for hydroxylation is 3. The first-order valence-corrected chi connectivity index (χ1v) is 6.97. The maximum absolute atomic E-state index is 4.27. The molecule has 3 nitrogen and oxygen atoms in total. The van der Waals surface area contributed by atoms with Gasteiger partial charge in [0.15, 0.2) is 0 Å². The van der Waals surface area contributed by atoms with Gasteiger partial charge in [-0.3, -0.25) is 4.68 Å². The highest BCUT2D eigenvalue weighted by molar-refractivity contribution is 5.22. The lowest BCUT2D eigenvalue weighted by Crippen LogP contribution is -2.23. The molecule has 0 radical (unpaired) electrons. The van der Waals surface area contributed by atoms with Crippen LogP contribution in [0.3, 0.4) is 0 Å². The van der Waals surface area contributed by atoms with E-state index in [1.54, 1.807) is 0 Å². The lowest BCUT2D eigenvalue weighted by molar-refractivity contribution is 0.480. The summed E-state index contributed by atoms with van der Waals surface area (Å²) in [5, 5.41) is 7.82. The molecule has 3 heteroatoms. The fourth-order valence-electron chi connectivity index (χ4n) is 2.51. The van der Waals surface area contributed by atoms with Gasteiger partial charge in [0.05, 0.1) is 5.69 Å². The molecule has 2 rings (SSSR count). The minimum Gasteiger partial charge on any atom is -0.309 e. The first-order valence-electron chi connectivity index (χ1n) is 6.97. The number of aromatic nitrogens is 2. The fraction of sp³-hybridized carbons (Fsp3) is 0.438. The molecule has 19 heavy (non-hydrogen) atoms. The van der Waals surface area contributed by atoms with Crippen LogP contribution in [-0.4, -0.2) is 16.3 Å². The van der Waals surface area contributed by atoms with Crippen molar-refractivity contribution in [3.63, 3.8) is 0 Å². The van der Waals surface area contributed by atoms with Crippen molar-refractivity contribution in [2.45, 2.75) is 32.7 Å². The molecule has 1 unspecified atom stereocenters. The Morgan fingerprint density at radius 3 is 2.79 bits per heavy atom. The van der Waals surface area contributed by atoms with Crippen molar-refractivity contribution in [3.8, 4) is 0 Å². The molecule has 2 aromatic rings. The lowest BCUT2D eigenvalue weighted by atomic mass is 10.0. The molecular formula is C16H23N3. The van der Waals surface area contributed by atoms with Gasteiger partial charge in [-0.25, -0.2) is 0 Å². The summed E-state index contributed by atoms with van der Waals surface area (Å²) >= 11 is 0. The van der Waals surface area contributed by atoms with Crippen molar-refractivity contribution in [2.24, 2.45) is 7.05 Å². The van der Waals surface area contributed by atoms with Gasteiger partial charge in [-0.1, -0.05) is 36.8 Å². The van der Waals surface area contributed by atoms with Crippen LogP contribution in [0.1, 0.15) is 36.2 Å². The van der Waals surface area contributed by atoms with Gasteiger partial charge in [0.2, 0.25) is 0 Å². The second kappa shape index (κ2) is 6.53. The molecule has 0 aliphatic carbocycles. The number of hydrogen-bond donors (Lipinski definition) is 1. The van der Waals surface area contributed by atoms with Crippen LogP contribution < -0.4 is 5.32 Å². The smallest absolute Gasteiger partial charge is 0.0550 e. The van der Waals surface area contributed by atoms with Crippen LogP contribution in [-0.2, 0) is 13.5 Å². The average molecular weight is 257 g/mol. The van der Waals surface area contributed by atoms with E-state index in [0.29, 0.717) is 6.04 Å². The van der Waals surface area contributed by atoms with Crippen LogP contribution in [0.15, 0.2) is 36.5 Å². The Morgan fingerprint density at radius 2 is 2.16 bits per heavy atom. The summed E-state index contributed by atoms with van der Waals surface area (Å²) in [6.45, 7) is 5.27. The second-order valence-electron chi connectivity index (χ2n) is 5.02. The molecule has 0 amide bonds. The molecule has 1 aromatic heterocycles. The predicted octanol–water partition coefficient (Wildman–Crippen LogP) is 3.01. The zero-order chi connectivity index (χ0) is 13.7. The molecular weight excluding hydrogens is 234 g/mol. The highest BCUT2D eigenvalue weighted by Gasteiger charge is 2.13. The van der Waals surface area contributed by atoms with Gasteiger partial charge >= 0.3 is 0 Å². The maximum Gasteiger partial charge on any atom is 0.0550 e. The van der Waals surface area contributed by atoms with E-state index in [1.165, 1.54) is 16.8 Å². The van der Waals surface area contributed by atoms with E-state index in [-0.39, 0.29) is 0 Å². The molecule has 0 fully saturated rings. The molecule has 1 heterocycles. The van der Waals surface area contributed by atoms with Crippen molar-refractivity contribution < 1.29 is 0 Å². The Bertz CT molecular complexity index is 516. The third-order valence-electron chi connectivity index (χ3n) is 3.47. The number of hydrogen-bond acceptors (Lipinski definition) is 2. The van der Waals surface area contributed by atoms with Crippen molar-refractivity contribution in [3.05, 3.63) is 53.3 Å². The summed E-state index contributed by atoms with van der Waals surface area (Å²) in [5.74, 6) is 0. The van der Waals surface area contributed by atoms with Crippen LogP contribution in [0, 0.1) is 6.92 Å². The largest absolute Gasteiger partial charge is 0.309 e. The first-order chi connectivity index (χ1) is 9.20. The van der Waals surface area contributed by atoms with Gasteiger partial charge < -0.3 is 5.32 Å². The molecule has 0 saturated carbocycles. The summed E-state index contributed by atoms with van der Waals surface area (Å²) in [6.07, 6.45) is 4.05. The summed E-state index contributed by atoms with van der Waals surface area (Å²) in [6, 6.07) is 11.2. The molecule has 1 N–H and O–H groups in total. The topological polar surface area (TPSA) is 29.9 Å². The van der Waals surface area contributed by atoms with Crippen LogP contribution in [0.5, 0.6) is 0 Å². The van der Waals surface area contributed by atoms with E-state index in [4.69, 9.17) is 0 Å². The molecule has 1 atom stereocenters. The maximum atomic E-state index is 4.27. The normalized spacial score (nSPS) is 12.6. The summed E-state index contributed by atoms with van der Waals surface area (Å²) in [4.78, 5) is 0. The number of nitrogens with zero attached hydrogens (tertiary/aromatic N) is 2. The van der Waals surface area contributed by atoms with Crippen LogP contribution in [0.2, 0.25) is 0 Å². The molecule has 0 aliphatic heterocycles. The third kappa shape index (κ3) is 3.67. The quantitative estimate of drug-likeness (QED) is 0.862. The second-order valence-corrected chi connectivity index (χ2v) is 5.02. The summed E-state index contributed by atoms with van der Waals surface area (Å²) < 4.78 is 1.96. The van der Waals surface area contributed by atoms with E-state index < -0.39 is 0 Å². The van der Waals surface area contributed by atoms with E-state index in [1.807, 2.05) is 17.9 Å². The summed E-state index contributed by atoms with van der Waals surface area (Å²) in [5.41, 5.74) is 4.00. The van der Waals surface area contributed by atoms with E-state index in [9.17, 15) is 0 Å². The van der Waals surface area contributed by atoms with Gasteiger partial charge in [-0.2, -0.15) is 5.10 Å². The van der Waals surface area contributed by atoms with Gasteiger partial charge in [0, 0.05) is 19.3 Å². The molecule has 1 aromatic carbocycles. The van der Waals surface area contributed by atoms with Crippen molar-refractivity contribution in [1.29, 1.82) is 0 Å². The van der Waals surface area contributed by atoms with Gasteiger partial charge in [-0.05, 0) is 37.9 Å². The highest BCUT2D eigenvalue weighted by Crippen LogP contribution is 2.19. The van der Waals surface area contributed by atoms with Gasteiger partial charge in [-0.15, -0.1) is 0 Å². The lowest BCUT2D eigenvalue weighted by Gasteiger charge is -2.18. The zero-order valence-electron chi connectivity index (χ0n) is 12.1. The minimum absolute atomic E-state index is 0.373. The fourth-order valence-corrected chi connectivity index (χ4v) is 2.51. The first kappa shape index (κ1) is 13.8. The van der Waals surface area contributed by atoms with Gasteiger partial charge in [0.1, 0.15) is 0 Å². The number of rotatable bonds is 6. The van der Waals surface area contributed by atoms with Crippen LogP contribution in [0.25, 0.3) is 0 Å². The Kier molecular flexibility index (Phi) is 4.74. The molecule has 0 aliphatic rings. The standard InChI is InChI=1S/C16H23N3/c1-4-17-15(16-10-11-18-19(16)3)9-8-14-7-5-6-13(2)12-14/h5-7,10-12,15,17H,4,8-9H2,1-3H3. The van der Waals surface area contributed by atoms with Crippen LogP contribution in [0.4, 0.5) is 0 Å². The Labute approximate surface area is 115 Å². The van der Waals surface area contributed by atoms with E-state index in [2.05, 4.69) is 54.6 Å². The minimum atomic E-state index is 0.373. The zero-order valence-corrected chi connectivity index (χ0v) is 12.1.